The first kappa shape index (κ1) is 13.8. The molecule has 0 unspecified atom stereocenters. The molecule has 0 aliphatic carbocycles. The minimum absolute atomic E-state index is 0.184. The minimum Gasteiger partial charge on any atom is -0.391 e. The number of halogens is 3. The Morgan fingerprint density at radius 2 is 1.84 bits per heavy atom. The summed E-state index contributed by atoms with van der Waals surface area (Å²) in [6.07, 6.45) is 1.56. The monoisotopic (exact) mass is 297 g/mol. The molecule has 2 aromatic carbocycles. The molecule has 5 heteroatoms. The third kappa shape index (κ3) is 4.23. The van der Waals surface area contributed by atoms with Crippen LogP contribution in [0.4, 0.5) is 4.39 Å². The SMILES string of the molecule is Fc1ccc(CO/N=C/c2ccc(Cl)cc2)c(Cl)c1. The van der Waals surface area contributed by atoms with E-state index in [0.717, 1.165) is 5.56 Å². The number of oxime groups is 1. The van der Waals surface area contributed by atoms with Gasteiger partial charge in [-0.3, -0.25) is 0 Å². The fraction of sp³-hybridized carbons (Fsp3) is 0.0714. The van der Waals surface area contributed by atoms with Gasteiger partial charge in [-0.1, -0.05) is 46.6 Å². The van der Waals surface area contributed by atoms with Gasteiger partial charge in [0.05, 0.1) is 11.2 Å². The summed E-state index contributed by atoms with van der Waals surface area (Å²) in [5.74, 6) is -0.376. The van der Waals surface area contributed by atoms with Crippen molar-refractivity contribution in [3.05, 3.63) is 69.5 Å². The molecule has 0 atom stereocenters. The van der Waals surface area contributed by atoms with Gasteiger partial charge in [0.15, 0.2) is 0 Å². The molecule has 19 heavy (non-hydrogen) atoms. The lowest BCUT2D eigenvalue weighted by Crippen LogP contribution is -1.90. The molecule has 2 aromatic rings. The Labute approximate surface area is 120 Å². The van der Waals surface area contributed by atoms with Crippen molar-refractivity contribution in [2.75, 3.05) is 0 Å². The van der Waals surface area contributed by atoms with Crippen molar-refractivity contribution >= 4 is 29.4 Å². The van der Waals surface area contributed by atoms with Crippen LogP contribution in [0.25, 0.3) is 0 Å². The van der Waals surface area contributed by atoms with Crippen molar-refractivity contribution < 1.29 is 9.23 Å². The lowest BCUT2D eigenvalue weighted by Gasteiger charge is -2.02. The largest absolute Gasteiger partial charge is 0.391 e. The van der Waals surface area contributed by atoms with Crippen molar-refractivity contribution in [1.29, 1.82) is 0 Å². The van der Waals surface area contributed by atoms with Gasteiger partial charge in [-0.25, -0.2) is 4.39 Å². The van der Waals surface area contributed by atoms with Crippen molar-refractivity contribution in [2.24, 2.45) is 5.16 Å². The summed E-state index contributed by atoms with van der Waals surface area (Å²) >= 11 is 11.6. The van der Waals surface area contributed by atoms with E-state index in [2.05, 4.69) is 5.16 Å². The Hall–Kier alpha value is -1.58. The maximum absolute atomic E-state index is 12.8. The molecular formula is C14H10Cl2FNO. The number of hydrogen-bond donors (Lipinski definition) is 0. The standard InChI is InChI=1S/C14H10Cl2FNO/c15-12-4-1-10(2-5-12)8-18-19-9-11-3-6-13(17)7-14(11)16/h1-8H,9H2/b18-8+. The highest BCUT2D eigenvalue weighted by atomic mass is 35.5. The Morgan fingerprint density at radius 1 is 1.11 bits per heavy atom. The summed E-state index contributed by atoms with van der Waals surface area (Å²) in [7, 11) is 0. The van der Waals surface area contributed by atoms with Crippen LogP contribution in [-0.4, -0.2) is 6.21 Å². The van der Waals surface area contributed by atoms with Gasteiger partial charge >= 0.3 is 0 Å². The summed E-state index contributed by atoms with van der Waals surface area (Å²) in [5, 5.41) is 4.79. The molecule has 98 valence electrons. The molecule has 0 radical (unpaired) electrons. The van der Waals surface area contributed by atoms with Gasteiger partial charge in [-0.2, -0.15) is 0 Å². The van der Waals surface area contributed by atoms with E-state index in [9.17, 15) is 4.39 Å². The number of nitrogens with zero attached hydrogens (tertiary/aromatic N) is 1. The van der Waals surface area contributed by atoms with E-state index >= 15 is 0 Å². The maximum Gasteiger partial charge on any atom is 0.143 e. The molecule has 0 heterocycles. The molecule has 2 nitrogen and oxygen atoms in total. The van der Waals surface area contributed by atoms with E-state index in [4.69, 9.17) is 28.0 Å². The van der Waals surface area contributed by atoms with Crippen LogP contribution in [0.2, 0.25) is 10.0 Å². The smallest absolute Gasteiger partial charge is 0.143 e. The molecule has 0 saturated carbocycles. The average molecular weight is 298 g/mol. The quantitative estimate of drug-likeness (QED) is 0.593. The predicted molar refractivity (Wildman–Crippen MR) is 75.2 cm³/mol. The molecule has 0 N–H and O–H groups in total. The van der Waals surface area contributed by atoms with Gasteiger partial charge in [-0.15, -0.1) is 0 Å². The Morgan fingerprint density at radius 3 is 2.53 bits per heavy atom. The van der Waals surface area contributed by atoms with Gasteiger partial charge in [-0.05, 0) is 29.8 Å². The molecule has 2 rings (SSSR count). The first-order valence-corrected chi connectivity index (χ1v) is 6.25. The third-order valence-corrected chi connectivity index (χ3v) is 2.99. The second-order valence-corrected chi connectivity index (χ2v) is 4.64. The highest BCUT2D eigenvalue weighted by Crippen LogP contribution is 2.18. The van der Waals surface area contributed by atoms with E-state index < -0.39 is 0 Å². The van der Waals surface area contributed by atoms with E-state index in [1.54, 1.807) is 24.4 Å². The van der Waals surface area contributed by atoms with Crippen molar-refractivity contribution in [3.63, 3.8) is 0 Å². The molecule has 0 saturated heterocycles. The van der Waals surface area contributed by atoms with Gasteiger partial charge in [0, 0.05) is 10.6 Å². The molecule has 0 bridgehead atoms. The molecule has 0 fully saturated rings. The Bertz CT molecular complexity index is 584. The van der Waals surface area contributed by atoms with Gasteiger partial charge < -0.3 is 4.84 Å². The van der Waals surface area contributed by atoms with Crippen LogP contribution in [0, 0.1) is 5.82 Å². The van der Waals surface area contributed by atoms with Gasteiger partial charge in [0.2, 0.25) is 0 Å². The van der Waals surface area contributed by atoms with Crippen LogP contribution >= 0.6 is 23.2 Å². The Balaban J connectivity index is 1.91. The zero-order valence-corrected chi connectivity index (χ0v) is 11.3. The highest BCUT2D eigenvalue weighted by molar-refractivity contribution is 6.31. The molecule has 0 spiro atoms. The first-order chi connectivity index (χ1) is 9.15. The molecule has 0 aromatic heterocycles. The normalized spacial score (nSPS) is 10.9. The van der Waals surface area contributed by atoms with Crippen LogP contribution in [0.5, 0.6) is 0 Å². The number of benzene rings is 2. The summed E-state index contributed by atoms with van der Waals surface area (Å²) in [5.41, 5.74) is 1.55. The van der Waals surface area contributed by atoms with Crippen molar-refractivity contribution in [3.8, 4) is 0 Å². The molecule has 0 aliphatic rings. The van der Waals surface area contributed by atoms with Crippen LogP contribution in [0.1, 0.15) is 11.1 Å². The van der Waals surface area contributed by atoms with E-state index in [1.165, 1.54) is 12.1 Å². The summed E-state index contributed by atoms with van der Waals surface area (Å²) in [6.45, 7) is 0.184. The van der Waals surface area contributed by atoms with Crippen LogP contribution in [-0.2, 0) is 11.4 Å². The second kappa shape index (κ2) is 6.55. The van der Waals surface area contributed by atoms with E-state index in [-0.39, 0.29) is 12.4 Å². The average Bonchev–Trinajstić information content (AvgIpc) is 2.39. The van der Waals surface area contributed by atoms with E-state index in [0.29, 0.717) is 15.6 Å². The fourth-order valence-corrected chi connectivity index (χ4v) is 1.74. The third-order valence-electron chi connectivity index (χ3n) is 2.38. The van der Waals surface area contributed by atoms with Crippen molar-refractivity contribution in [2.45, 2.75) is 6.61 Å². The molecule has 0 amide bonds. The van der Waals surface area contributed by atoms with Crippen LogP contribution in [0.15, 0.2) is 47.6 Å². The van der Waals surface area contributed by atoms with Crippen LogP contribution in [0.3, 0.4) is 0 Å². The van der Waals surface area contributed by atoms with E-state index in [1.807, 2.05) is 12.1 Å². The fourth-order valence-electron chi connectivity index (χ4n) is 1.39. The lowest BCUT2D eigenvalue weighted by molar-refractivity contribution is 0.132. The zero-order chi connectivity index (χ0) is 13.7. The number of hydrogen-bond acceptors (Lipinski definition) is 2. The number of rotatable bonds is 4. The summed E-state index contributed by atoms with van der Waals surface area (Å²) in [4.78, 5) is 5.10. The zero-order valence-electron chi connectivity index (χ0n) is 9.82. The highest BCUT2D eigenvalue weighted by Gasteiger charge is 2.01. The van der Waals surface area contributed by atoms with Crippen molar-refractivity contribution in [1.82, 2.24) is 0 Å². The second-order valence-electron chi connectivity index (χ2n) is 3.80. The van der Waals surface area contributed by atoms with Crippen LogP contribution < -0.4 is 0 Å². The molecular weight excluding hydrogens is 288 g/mol. The van der Waals surface area contributed by atoms with Gasteiger partial charge in [0.25, 0.3) is 0 Å². The summed E-state index contributed by atoms with van der Waals surface area (Å²) < 4.78 is 12.8. The first-order valence-electron chi connectivity index (χ1n) is 5.50. The lowest BCUT2D eigenvalue weighted by atomic mass is 10.2. The maximum atomic E-state index is 12.8. The Kier molecular flexibility index (Phi) is 4.77. The minimum atomic E-state index is -0.376. The predicted octanol–water partition coefficient (Wildman–Crippen LogP) is 4.68. The summed E-state index contributed by atoms with van der Waals surface area (Å²) in [6, 6.07) is 11.3. The topological polar surface area (TPSA) is 21.6 Å². The van der Waals surface area contributed by atoms with Gasteiger partial charge in [0.1, 0.15) is 12.4 Å². The molecule has 0 aliphatic heterocycles.